The van der Waals surface area contributed by atoms with E-state index in [2.05, 4.69) is 5.32 Å². The summed E-state index contributed by atoms with van der Waals surface area (Å²) < 4.78 is 18.9. The highest BCUT2D eigenvalue weighted by Crippen LogP contribution is 2.34. The molecule has 0 saturated heterocycles. The van der Waals surface area contributed by atoms with Crippen LogP contribution in [0.15, 0.2) is 60.7 Å². The summed E-state index contributed by atoms with van der Waals surface area (Å²) in [7, 11) is 0. The smallest absolute Gasteiger partial charge is 0.266 e. The zero-order valence-electron chi connectivity index (χ0n) is 16.6. The number of halogens is 2. The Morgan fingerprint density at radius 2 is 1.75 bits per heavy atom. The van der Waals surface area contributed by atoms with Gasteiger partial charge in [0.25, 0.3) is 17.7 Å². The normalized spacial score (nSPS) is 16.9. The number of nitrogens with zero attached hydrogens (tertiary/aromatic N) is 1. The molecule has 0 aromatic heterocycles. The number of hydrogen-bond donors (Lipinski definition) is 1. The highest BCUT2D eigenvalue weighted by Gasteiger charge is 2.37. The van der Waals surface area contributed by atoms with Crippen molar-refractivity contribution in [3.8, 4) is 5.75 Å². The fourth-order valence-electron chi connectivity index (χ4n) is 3.96. The third kappa shape index (κ3) is 3.40. The number of fused-ring (bicyclic) bond motifs is 2. The van der Waals surface area contributed by atoms with Gasteiger partial charge in [0, 0.05) is 22.6 Å². The van der Waals surface area contributed by atoms with Gasteiger partial charge in [-0.2, -0.15) is 0 Å². The Morgan fingerprint density at radius 1 is 1.00 bits per heavy atom. The van der Waals surface area contributed by atoms with Crippen LogP contribution in [0.3, 0.4) is 0 Å². The number of carbonyl (C=O) groups excluding carboxylic acids is 3. The van der Waals surface area contributed by atoms with Gasteiger partial charge in [0.15, 0.2) is 0 Å². The average Bonchev–Trinajstić information content (AvgIpc) is 3.04. The highest BCUT2D eigenvalue weighted by molar-refractivity contribution is 6.34. The molecule has 8 heteroatoms. The zero-order chi connectivity index (χ0) is 22.4. The molecule has 1 N–H and O–H groups in total. The van der Waals surface area contributed by atoms with Crippen molar-refractivity contribution in [2.75, 3.05) is 11.5 Å². The molecule has 0 radical (unpaired) electrons. The molecule has 0 spiro atoms. The predicted molar refractivity (Wildman–Crippen MR) is 116 cm³/mol. The van der Waals surface area contributed by atoms with Crippen LogP contribution in [-0.4, -0.2) is 24.3 Å². The number of benzene rings is 3. The quantitative estimate of drug-likeness (QED) is 0.595. The number of imide groups is 1. The van der Waals surface area contributed by atoms with Crippen molar-refractivity contribution in [2.45, 2.75) is 12.5 Å². The monoisotopic (exact) mass is 450 g/mol. The van der Waals surface area contributed by atoms with Gasteiger partial charge in [-0.15, -0.1) is 0 Å². The first-order valence-corrected chi connectivity index (χ1v) is 10.3. The van der Waals surface area contributed by atoms with Gasteiger partial charge in [-0.1, -0.05) is 11.6 Å². The van der Waals surface area contributed by atoms with Crippen LogP contribution in [-0.2, 0) is 0 Å². The Hall–Kier alpha value is -3.71. The molecule has 0 saturated carbocycles. The number of anilines is 1. The molecule has 0 fully saturated rings. The fraction of sp³-hybridized carbons (Fsp3) is 0.125. The lowest BCUT2D eigenvalue weighted by molar-refractivity contribution is 0.0916. The minimum atomic E-state index is -0.561. The Labute approximate surface area is 187 Å². The molecule has 2 aliphatic heterocycles. The SMILES string of the molecule is O=C(NC1CCOc2ccc(Cl)cc21)c1ccc2c(c1)C(=O)N(c1ccc(F)cc1)C2=O. The summed E-state index contributed by atoms with van der Waals surface area (Å²) in [5.41, 5.74) is 1.62. The van der Waals surface area contributed by atoms with E-state index in [9.17, 15) is 18.8 Å². The summed E-state index contributed by atoms with van der Waals surface area (Å²) in [5, 5.41) is 3.49. The maximum Gasteiger partial charge on any atom is 0.266 e. The molecule has 32 heavy (non-hydrogen) atoms. The van der Waals surface area contributed by atoms with Crippen LogP contribution in [0, 0.1) is 5.82 Å². The van der Waals surface area contributed by atoms with Crippen molar-refractivity contribution in [1.29, 1.82) is 0 Å². The lowest BCUT2D eigenvalue weighted by Crippen LogP contribution is -2.32. The largest absolute Gasteiger partial charge is 0.493 e. The minimum Gasteiger partial charge on any atom is -0.493 e. The second-order valence-electron chi connectivity index (χ2n) is 7.53. The van der Waals surface area contributed by atoms with E-state index >= 15 is 0 Å². The number of hydrogen-bond acceptors (Lipinski definition) is 4. The van der Waals surface area contributed by atoms with E-state index in [0.29, 0.717) is 23.8 Å². The van der Waals surface area contributed by atoms with Gasteiger partial charge >= 0.3 is 0 Å². The van der Waals surface area contributed by atoms with E-state index in [4.69, 9.17) is 16.3 Å². The van der Waals surface area contributed by atoms with E-state index in [1.807, 2.05) is 0 Å². The summed E-state index contributed by atoms with van der Waals surface area (Å²) in [6.07, 6.45) is 0.569. The zero-order valence-corrected chi connectivity index (χ0v) is 17.4. The van der Waals surface area contributed by atoms with E-state index in [1.54, 1.807) is 18.2 Å². The van der Waals surface area contributed by atoms with Crippen molar-refractivity contribution < 1.29 is 23.5 Å². The molecule has 1 unspecified atom stereocenters. The van der Waals surface area contributed by atoms with E-state index in [1.165, 1.54) is 42.5 Å². The topological polar surface area (TPSA) is 75.7 Å². The molecule has 3 aromatic rings. The van der Waals surface area contributed by atoms with Crippen molar-refractivity contribution >= 4 is 35.0 Å². The number of carbonyl (C=O) groups is 3. The van der Waals surface area contributed by atoms with E-state index in [-0.39, 0.29) is 34.3 Å². The van der Waals surface area contributed by atoms with Gasteiger partial charge < -0.3 is 10.1 Å². The summed E-state index contributed by atoms with van der Waals surface area (Å²) in [5.74, 6) is -1.27. The third-order valence-electron chi connectivity index (χ3n) is 5.55. The molecule has 5 rings (SSSR count). The molecule has 0 aliphatic carbocycles. The minimum absolute atomic E-state index is 0.127. The highest BCUT2D eigenvalue weighted by atomic mass is 35.5. The second kappa shape index (κ2) is 7.76. The first-order chi connectivity index (χ1) is 15.4. The maximum absolute atomic E-state index is 13.2. The van der Waals surface area contributed by atoms with Crippen LogP contribution >= 0.6 is 11.6 Å². The van der Waals surface area contributed by atoms with Gasteiger partial charge in [-0.3, -0.25) is 14.4 Å². The molecule has 3 amide bonds. The lowest BCUT2D eigenvalue weighted by atomic mass is 9.99. The van der Waals surface area contributed by atoms with E-state index in [0.717, 1.165) is 10.5 Å². The van der Waals surface area contributed by atoms with Gasteiger partial charge in [0.05, 0.1) is 29.5 Å². The molecule has 2 aliphatic rings. The van der Waals surface area contributed by atoms with Crippen LogP contribution < -0.4 is 15.0 Å². The Bertz CT molecular complexity index is 1280. The number of nitrogens with one attached hydrogen (secondary N) is 1. The van der Waals surface area contributed by atoms with Crippen molar-refractivity contribution in [3.63, 3.8) is 0 Å². The predicted octanol–water partition coefficient (Wildman–Crippen LogP) is 4.53. The molecule has 3 aromatic carbocycles. The van der Waals surface area contributed by atoms with Crippen LogP contribution in [0.25, 0.3) is 0 Å². The standard InChI is InChI=1S/C24H16ClFN2O4/c25-14-2-8-21-19(12-14)20(9-10-32-21)27-22(29)13-1-7-17-18(11-13)24(31)28(23(17)30)16-5-3-15(26)4-6-16/h1-8,11-12,20H,9-10H2,(H,27,29). The molecule has 0 bridgehead atoms. The number of rotatable bonds is 3. The third-order valence-corrected chi connectivity index (χ3v) is 5.79. The Kier molecular flexibility index (Phi) is 4.90. The van der Waals surface area contributed by atoms with Gasteiger partial charge in [0.2, 0.25) is 0 Å². The van der Waals surface area contributed by atoms with Crippen LogP contribution in [0.5, 0.6) is 5.75 Å². The summed E-state index contributed by atoms with van der Waals surface area (Å²) in [6, 6.07) is 14.4. The molecular formula is C24H16ClFN2O4. The average molecular weight is 451 g/mol. The molecule has 6 nitrogen and oxygen atoms in total. The van der Waals surface area contributed by atoms with Crippen LogP contribution in [0.4, 0.5) is 10.1 Å². The van der Waals surface area contributed by atoms with Crippen molar-refractivity contribution in [1.82, 2.24) is 5.32 Å². The van der Waals surface area contributed by atoms with Crippen LogP contribution in [0.1, 0.15) is 49.1 Å². The Morgan fingerprint density at radius 3 is 2.53 bits per heavy atom. The van der Waals surface area contributed by atoms with Gasteiger partial charge in [-0.05, 0) is 60.7 Å². The molecule has 1 atom stereocenters. The lowest BCUT2D eigenvalue weighted by Gasteiger charge is -2.27. The first-order valence-electron chi connectivity index (χ1n) is 9.94. The summed E-state index contributed by atoms with van der Waals surface area (Å²) in [4.78, 5) is 39.6. The fourth-order valence-corrected chi connectivity index (χ4v) is 4.14. The van der Waals surface area contributed by atoms with E-state index < -0.39 is 17.6 Å². The Balaban J connectivity index is 1.41. The van der Waals surface area contributed by atoms with Gasteiger partial charge in [-0.25, -0.2) is 9.29 Å². The molecule has 2 heterocycles. The van der Waals surface area contributed by atoms with Crippen molar-refractivity contribution in [3.05, 3.63) is 93.8 Å². The first kappa shape index (κ1) is 20.2. The van der Waals surface area contributed by atoms with Crippen molar-refractivity contribution in [2.24, 2.45) is 0 Å². The summed E-state index contributed by atoms with van der Waals surface area (Å²) in [6.45, 7) is 0.448. The number of ether oxygens (including phenoxy) is 1. The number of amides is 3. The van der Waals surface area contributed by atoms with Gasteiger partial charge in [0.1, 0.15) is 11.6 Å². The molecule has 160 valence electrons. The molecular weight excluding hydrogens is 435 g/mol. The van der Waals surface area contributed by atoms with Crippen LogP contribution in [0.2, 0.25) is 5.02 Å². The maximum atomic E-state index is 13.2. The summed E-state index contributed by atoms with van der Waals surface area (Å²) >= 11 is 6.10. The second-order valence-corrected chi connectivity index (χ2v) is 7.96.